The first-order valence-electron chi connectivity index (χ1n) is 5.05. The first-order valence-corrected chi connectivity index (χ1v) is 5.05. The van der Waals surface area contributed by atoms with Crippen molar-refractivity contribution in [3.63, 3.8) is 0 Å². The van der Waals surface area contributed by atoms with Gasteiger partial charge < -0.3 is 10.4 Å². The highest BCUT2D eigenvalue weighted by Gasteiger charge is 1.98. The number of hydrogen-bond acceptors (Lipinski definition) is 4. The SMILES string of the molecule is CCC(O)CNCCCn1ccnn1. The van der Waals surface area contributed by atoms with Gasteiger partial charge in [0.05, 0.1) is 12.3 Å². The van der Waals surface area contributed by atoms with E-state index in [1.807, 2.05) is 13.1 Å². The second kappa shape index (κ2) is 6.50. The van der Waals surface area contributed by atoms with E-state index in [4.69, 9.17) is 0 Å². The molecule has 1 aromatic heterocycles. The Labute approximate surface area is 84.1 Å². The van der Waals surface area contributed by atoms with Gasteiger partial charge in [-0.15, -0.1) is 5.10 Å². The first-order chi connectivity index (χ1) is 6.83. The van der Waals surface area contributed by atoms with Crippen molar-refractivity contribution in [1.82, 2.24) is 20.3 Å². The molecule has 0 saturated carbocycles. The van der Waals surface area contributed by atoms with Crippen LogP contribution in [0.5, 0.6) is 0 Å². The molecule has 0 bridgehead atoms. The van der Waals surface area contributed by atoms with Gasteiger partial charge in [-0.1, -0.05) is 12.1 Å². The second-order valence-electron chi connectivity index (χ2n) is 3.29. The van der Waals surface area contributed by atoms with Crippen molar-refractivity contribution < 1.29 is 5.11 Å². The molecule has 0 spiro atoms. The molecule has 5 heteroatoms. The maximum absolute atomic E-state index is 9.25. The van der Waals surface area contributed by atoms with E-state index in [0.717, 1.165) is 25.9 Å². The molecule has 0 radical (unpaired) electrons. The molecule has 1 unspecified atom stereocenters. The number of aryl methyl sites for hydroxylation is 1. The van der Waals surface area contributed by atoms with Crippen molar-refractivity contribution in [1.29, 1.82) is 0 Å². The highest BCUT2D eigenvalue weighted by Crippen LogP contribution is 1.88. The van der Waals surface area contributed by atoms with Crippen molar-refractivity contribution in [2.45, 2.75) is 32.4 Å². The van der Waals surface area contributed by atoms with Gasteiger partial charge in [0.15, 0.2) is 0 Å². The quantitative estimate of drug-likeness (QED) is 0.607. The van der Waals surface area contributed by atoms with Crippen LogP contribution in [0.15, 0.2) is 12.4 Å². The van der Waals surface area contributed by atoms with E-state index in [1.54, 1.807) is 10.9 Å². The molecule has 2 N–H and O–H groups in total. The summed E-state index contributed by atoms with van der Waals surface area (Å²) in [7, 11) is 0. The Morgan fingerprint density at radius 2 is 2.43 bits per heavy atom. The fourth-order valence-electron chi connectivity index (χ4n) is 1.13. The summed E-state index contributed by atoms with van der Waals surface area (Å²) in [5.41, 5.74) is 0. The van der Waals surface area contributed by atoms with Crippen LogP contribution < -0.4 is 5.32 Å². The van der Waals surface area contributed by atoms with E-state index < -0.39 is 0 Å². The summed E-state index contributed by atoms with van der Waals surface area (Å²) >= 11 is 0. The first kappa shape index (κ1) is 11.1. The lowest BCUT2D eigenvalue weighted by molar-refractivity contribution is 0.167. The number of nitrogens with one attached hydrogen (secondary N) is 1. The van der Waals surface area contributed by atoms with Crippen LogP contribution >= 0.6 is 0 Å². The Kier molecular flexibility index (Phi) is 5.17. The summed E-state index contributed by atoms with van der Waals surface area (Å²) in [5.74, 6) is 0. The molecule has 1 aromatic rings. The minimum Gasteiger partial charge on any atom is -0.392 e. The van der Waals surface area contributed by atoms with Crippen molar-refractivity contribution in [2.24, 2.45) is 0 Å². The molecule has 14 heavy (non-hydrogen) atoms. The zero-order valence-electron chi connectivity index (χ0n) is 8.56. The molecule has 80 valence electrons. The summed E-state index contributed by atoms with van der Waals surface area (Å²) < 4.78 is 1.80. The minimum absolute atomic E-state index is 0.221. The molecule has 0 saturated heterocycles. The standard InChI is InChI=1S/C9H18N4O/c1-2-9(14)8-10-4-3-6-13-7-5-11-12-13/h5,7,9-10,14H,2-4,6,8H2,1H3. The molecular formula is C9H18N4O. The van der Waals surface area contributed by atoms with Crippen LogP contribution in [0.4, 0.5) is 0 Å². The van der Waals surface area contributed by atoms with Crippen LogP contribution in [-0.4, -0.2) is 39.3 Å². The Morgan fingerprint density at radius 1 is 1.57 bits per heavy atom. The molecular weight excluding hydrogens is 180 g/mol. The summed E-state index contributed by atoms with van der Waals surface area (Å²) in [4.78, 5) is 0. The van der Waals surface area contributed by atoms with E-state index in [2.05, 4.69) is 15.6 Å². The van der Waals surface area contributed by atoms with Gasteiger partial charge in [-0.2, -0.15) is 0 Å². The molecule has 1 rings (SSSR count). The molecule has 0 aliphatic rings. The number of rotatable bonds is 7. The van der Waals surface area contributed by atoms with Crippen LogP contribution in [0, 0.1) is 0 Å². The van der Waals surface area contributed by atoms with Gasteiger partial charge >= 0.3 is 0 Å². The highest BCUT2D eigenvalue weighted by atomic mass is 16.3. The normalized spacial score (nSPS) is 13.0. The van der Waals surface area contributed by atoms with Crippen LogP contribution in [0.2, 0.25) is 0 Å². The second-order valence-corrected chi connectivity index (χ2v) is 3.29. The van der Waals surface area contributed by atoms with Gasteiger partial charge in [0.2, 0.25) is 0 Å². The van der Waals surface area contributed by atoms with Crippen LogP contribution in [0.3, 0.4) is 0 Å². The molecule has 5 nitrogen and oxygen atoms in total. The van der Waals surface area contributed by atoms with Crippen LogP contribution in [0.25, 0.3) is 0 Å². The topological polar surface area (TPSA) is 63.0 Å². The average molecular weight is 198 g/mol. The number of aromatic nitrogens is 3. The van der Waals surface area contributed by atoms with Gasteiger partial charge in [0.1, 0.15) is 0 Å². The van der Waals surface area contributed by atoms with E-state index >= 15 is 0 Å². The van der Waals surface area contributed by atoms with E-state index in [1.165, 1.54) is 0 Å². The zero-order chi connectivity index (χ0) is 10.2. The van der Waals surface area contributed by atoms with Crippen molar-refractivity contribution in [3.8, 4) is 0 Å². The number of aliphatic hydroxyl groups is 1. The fourth-order valence-corrected chi connectivity index (χ4v) is 1.13. The third-order valence-corrected chi connectivity index (χ3v) is 2.06. The lowest BCUT2D eigenvalue weighted by Gasteiger charge is -2.08. The van der Waals surface area contributed by atoms with Crippen molar-refractivity contribution in [3.05, 3.63) is 12.4 Å². The molecule has 0 fully saturated rings. The molecule has 0 aliphatic heterocycles. The Balaban J connectivity index is 1.95. The smallest absolute Gasteiger partial charge is 0.0692 e. The summed E-state index contributed by atoms with van der Waals surface area (Å²) in [6, 6.07) is 0. The summed E-state index contributed by atoms with van der Waals surface area (Å²) in [6.07, 6.45) is 5.10. The van der Waals surface area contributed by atoms with E-state index in [9.17, 15) is 5.11 Å². The van der Waals surface area contributed by atoms with Gasteiger partial charge in [0.25, 0.3) is 0 Å². The predicted molar refractivity (Wildman–Crippen MR) is 53.8 cm³/mol. The molecule has 0 aliphatic carbocycles. The Morgan fingerprint density at radius 3 is 3.07 bits per heavy atom. The third-order valence-electron chi connectivity index (χ3n) is 2.06. The largest absolute Gasteiger partial charge is 0.392 e. The van der Waals surface area contributed by atoms with Gasteiger partial charge in [0, 0.05) is 19.3 Å². The summed E-state index contributed by atoms with van der Waals surface area (Å²) in [5, 5.41) is 20.0. The monoisotopic (exact) mass is 198 g/mol. The molecule has 1 atom stereocenters. The average Bonchev–Trinajstić information content (AvgIpc) is 2.69. The molecule has 1 heterocycles. The van der Waals surface area contributed by atoms with Crippen molar-refractivity contribution >= 4 is 0 Å². The van der Waals surface area contributed by atoms with Crippen LogP contribution in [0.1, 0.15) is 19.8 Å². The highest BCUT2D eigenvalue weighted by molar-refractivity contribution is 4.64. The summed E-state index contributed by atoms with van der Waals surface area (Å²) in [6.45, 7) is 4.42. The lowest BCUT2D eigenvalue weighted by atomic mass is 10.3. The van der Waals surface area contributed by atoms with Gasteiger partial charge in [-0.25, -0.2) is 0 Å². The number of aliphatic hydroxyl groups excluding tert-OH is 1. The lowest BCUT2D eigenvalue weighted by Crippen LogP contribution is -2.27. The Bertz CT molecular complexity index is 225. The van der Waals surface area contributed by atoms with E-state index in [-0.39, 0.29) is 6.10 Å². The molecule has 0 amide bonds. The maximum atomic E-state index is 9.25. The van der Waals surface area contributed by atoms with Gasteiger partial charge in [-0.3, -0.25) is 4.68 Å². The predicted octanol–water partition coefficient (Wildman–Crippen LogP) is 0.0287. The van der Waals surface area contributed by atoms with Crippen molar-refractivity contribution in [2.75, 3.05) is 13.1 Å². The fraction of sp³-hybridized carbons (Fsp3) is 0.778. The minimum atomic E-state index is -0.221. The number of hydrogen-bond donors (Lipinski definition) is 2. The molecule has 0 aromatic carbocycles. The number of nitrogens with zero attached hydrogens (tertiary/aromatic N) is 3. The van der Waals surface area contributed by atoms with E-state index in [0.29, 0.717) is 6.54 Å². The zero-order valence-corrected chi connectivity index (χ0v) is 8.56. The Hall–Kier alpha value is -0.940. The maximum Gasteiger partial charge on any atom is 0.0692 e. The van der Waals surface area contributed by atoms with Gasteiger partial charge in [-0.05, 0) is 19.4 Å². The van der Waals surface area contributed by atoms with Crippen LogP contribution in [-0.2, 0) is 6.54 Å². The third kappa shape index (κ3) is 4.34.